The van der Waals surface area contributed by atoms with Crippen molar-refractivity contribution in [1.29, 1.82) is 0 Å². The molecule has 0 aliphatic rings. The Balaban J connectivity index is 1.93. The third kappa shape index (κ3) is 4.38. The summed E-state index contributed by atoms with van der Waals surface area (Å²) in [7, 11) is 0. The predicted octanol–water partition coefficient (Wildman–Crippen LogP) is 4.81. The number of hydrogen-bond acceptors (Lipinski definition) is 3. The molecule has 0 saturated carbocycles. The minimum atomic E-state index is -0.489. The molecule has 0 bridgehead atoms. The number of nitrogens with zero attached hydrogens (tertiary/aromatic N) is 4. The Hall–Kier alpha value is -2.76. The summed E-state index contributed by atoms with van der Waals surface area (Å²) in [5.41, 5.74) is 1.75. The molecule has 3 rings (SSSR count). The van der Waals surface area contributed by atoms with E-state index in [2.05, 4.69) is 23.4 Å². The summed E-state index contributed by atoms with van der Waals surface area (Å²) in [5.74, 6) is 0.00530. The molecule has 0 atom stereocenters. The molecule has 2 heterocycles. The lowest BCUT2D eigenvalue weighted by molar-refractivity contribution is 0.0729. The lowest BCUT2D eigenvalue weighted by atomic mass is 10.1. The van der Waals surface area contributed by atoms with Gasteiger partial charge in [-0.25, -0.2) is 14.4 Å². The zero-order valence-corrected chi connectivity index (χ0v) is 16.6. The molecule has 5 nitrogen and oxygen atoms in total. The monoisotopic (exact) mass is 382 g/mol. The van der Waals surface area contributed by atoms with Crippen LogP contribution in [0.15, 0.2) is 42.6 Å². The predicted molar refractivity (Wildman–Crippen MR) is 108 cm³/mol. The maximum absolute atomic E-state index is 14.2. The van der Waals surface area contributed by atoms with Crippen molar-refractivity contribution in [3.05, 3.63) is 59.8 Å². The molecule has 6 heteroatoms. The molecule has 1 amide bonds. The van der Waals surface area contributed by atoms with Gasteiger partial charge in [-0.05, 0) is 37.1 Å². The highest BCUT2D eigenvalue weighted by molar-refractivity contribution is 5.94. The van der Waals surface area contributed by atoms with Gasteiger partial charge in [-0.2, -0.15) is 0 Å². The van der Waals surface area contributed by atoms with E-state index in [1.54, 1.807) is 29.3 Å². The van der Waals surface area contributed by atoms with Crippen molar-refractivity contribution in [2.75, 3.05) is 6.54 Å². The number of benzene rings is 1. The molecule has 0 unspecified atom stereocenters. The van der Waals surface area contributed by atoms with Crippen molar-refractivity contribution in [3.63, 3.8) is 0 Å². The highest BCUT2D eigenvalue weighted by Gasteiger charge is 2.22. The van der Waals surface area contributed by atoms with Crippen LogP contribution in [0.5, 0.6) is 0 Å². The Morgan fingerprint density at radius 3 is 2.68 bits per heavy atom. The Morgan fingerprint density at radius 1 is 1.11 bits per heavy atom. The number of aromatic nitrogens is 3. The van der Waals surface area contributed by atoms with E-state index in [1.807, 2.05) is 12.1 Å². The Morgan fingerprint density at radius 2 is 1.93 bits per heavy atom. The first-order valence-corrected chi connectivity index (χ1v) is 9.99. The minimum absolute atomic E-state index is 0.107. The maximum atomic E-state index is 14.2. The van der Waals surface area contributed by atoms with Gasteiger partial charge in [0.05, 0.1) is 12.1 Å². The number of carbonyl (C=O) groups is 1. The van der Waals surface area contributed by atoms with Crippen LogP contribution in [0.25, 0.3) is 11.2 Å². The third-order valence-electron chi connectivity index (χ3n) is 4.79. The summed E-state index contributed by atoms with van der Waals surface area (Å²) in [6, 6.07) is 9.95. The maximum Gasteiger partial charge on any atom is 0.257 e. The van der Waals surface area contributed by atoms with E-state index in [9.17, 15) is 9.18 Å². The van der Waals surface area contributed by atoms with Gasteiger partial charge in [0.15, 0.2) is 5.65 Å². The van der Waals surface area contributed by atoms with Crippen molar-refractivity contribution in [1.82, 2.24) is 19.4 Å². The van der Waals surface area contributed by atoms with Gasteiger partial charge in [0.25, 0.3) is 5.91 Å². The SMILES string of the molecule is CCCCCN(Cc1nc2cccnc2n1CCC)C(=O)c1ccccc1F. The highest BCUT2D eigenvalue weighted by Crippen LogP contribution is 2.18. The summed E-state index contributed by atoms with van der Waals surface area (Å²) in [6.45, 7) is 5.91. The van der Waals surface area contributed by atoms with Crippen molar-refractivity contribution < 1.29 is 9.18 Å². The molecule has 1 aromatic carbocycles. The molecule has 0 N–H and O–H groups in total. The quantitative estimate of drug-likeness (QED) is 0.499. The summed E-state index contributed by atoms with van der Waals surface area (Å²) < 4.78 is 16.3. The van der Waals surface area contributed by atoms with E-state index in [1.165, 1.54) is 6.07 Å². The van der Waals surface area contributed by atoms with Crippen molar-refractivity contribution in [3.8, 4) is 0 Å². The first-order chi connectivity index (χ1) is 13.7. The highest BCUT2D eigenvalue weighted by atomic mass is 19.1. The van der Waals surface area contributed by atoms with Crippen LogP contribution in [0.3, 0.4) is 0 Å². The molecule has 0 aliphatic carbocycles. The molecule has 28 heavy (non-hydrogen) atoms. The molecule has 0 spiro atoms. The van der Waals surface area contributed by atoms with Crippen LogP contribution in [0.1, 0.15) is 55.7 Å². The first kappa shape index (κ1) is 20.0. The number of imidazole rings is 1. The van der Waals surface area contributed by atoms with Crippen LogP contribution in [0, 0.1) is 5.82 Å². The van der Waals surface area contributed by atoms with Crippen molar-refractivity contribution >= 4 is 17.1 Å². The van der Waals surface area contributed by atoms with Gasteiger partial charge in [-0.15, -0.1) is 0 Å². The number of hydrogen-bond donors (Lipinski definition) is 0. The summed E-state index contributed by atoms with van der Waals surface area (Å²) in [5, 5.41) is 0. The topological polar surface area (TPSA) is 51.0 Å². The number of amides is 1. The molecule has 0 saturated heterocycles. The Kier molecular flexibility index (Phi) is 6.74. The molecule has 2 aromatic heterocycles. The fourth-order valence-electron chi connectivity index (χ4n) is 3.37. The second-order valence-electron chi connectivity index (χ2n) is 6.94. The van der Waals surface area contributed by atoms with E-state index < -0.39 is 5.82 Å². The van der Waals surface area contributed by atoms with Gasteiger partial charge in [0.1, 0.15) is 17.2 Å². The summed E-state index contributed by atoms with van der Waals surface area (Å²) >= 11 is 0. The molecule has 0 aliphatic heterocycles. The van der Waals surface area contributed by atoms with Crippen LogP contribution >= 0.6 is 0 Å². The lowest BCUT2D eigenvalue weighted by Gasteiger charge is -2.23. The molecule has 0 radical (unpaired) electrons. The zero-order chi connectivity index (χ0) is 19.9. The zero-order valence-electron chi connectivity index (χ0n) is 16.6. The number of halogens is 1. The normalized spacial score (nSPS) is 11.1. The van der Waals surface area contributed by atoms with E-state index in [4.69, 9.17) is 4.98 Å². The summed E-state index contributed by atoms with van der Waals surface area (Å²) in [6.07, 6.45) is 5.65. The Bertz CT molecular complexity index is 937. The standard InChI is InChI=1S/C22H27FN4O/c1-3-5-8-15-26(22(28)17-10-6-7-11-18(17)23)16-20-25-19-12-9-13-24-21(19)27(20)14-4-2/h6-7,9-13H,3-5,8,14-16H2,1-2H3. The van der Waals surface area contributed by atoms with Gasteiger partial charge in [0, 0.05) is 19.3 Å². The van der Waals surface area contributed by atoms with Gasteiger partial charge >= 0.3 is 0 Å². The van der Waals surface area contributed by atoms with Crippen LogP contribution in [0.2, 0.25) is 0 Å². The molecular weight excluding hydrogens is 355 g/mol. The van der Waals surface area contributed by atoms with E-state index in [0.29, 0.717) is 13.1 Å². The van der Waals surface area contributed by atoms with Crippen LogP contribution in [-0.2, 0) is 13.1 Å². The molecule has 3 aromatic rings. The van der Waals surface area contributed by atoms with Crippen molar-refractivity contribution in [2.24, 2.45) is 0 Å². The number of pyridine rings is 1. The van der Waals surface area contributed by atoms with Gasteiger partial charge in [-0.3, -0.25) is 4.79 Å². The van der Waals surface area contributed by atoms with Crippen LogP contribution in [0.4, 0.5) is 4.39 Å². The molecule has 148 valence electrons. The number of fused-ring (bicyclic) bond motifs is 1. The average molecular weight is 382 g/mol. The smallest absolute Gasteiger partial charge is 0.257 e. The number of rotatable bonds is 9. The number of carbonyl (C=O) groups excluding carboxylic acids is 1. The average Bonchev–Trinajstić information content (AvgIpc) is 3.05. The van der Waals surface area contributed by atoms with Crippen LogP contribution < -0.4 is 0 Å². The number of unbranched alkanes of at least 4 members (excludes halogenated alkanes) is 2. The first-order valence-electron chi connectivity index (χ1n) is 9.99. The molecular formula is C22H27FN4O. The second kappa shape index (κ2) is 9.44. The second-order valence-corrected chi connectivity index (χ2v) is 6.94. The summed E-state index contributed by atoms with van der Waals surface area (Å²) in [4.78, 5) is 24.0. The van der Waals surface area contributed by atoms with Gasteiger partial charge in [-0.1, -0.05) is 38.8 Å². The van der Waals surface area contributed by atoms with E-state index >= 15 is 0 Å². The largest absolute Gasteiger partial charge is 0.331 e. The van der Waals surface area contributed by atoms with Gasteiger partial charge < -0.3 is 9.47 Å². The molecule has 0 fully saturated rings. The van der Waals surface area contributed by atoms with Crippen LogP contribution in [-0.4, -0.2) is 31.9 Å². The third-order valence-corrected chi connectivity index (χ3v) is 4.79. The van der Waals surface area contributed by atoms with Gasteiger partial charge in [0.2, 0.25) is 0 Å². The number of aryl methyl sites for hydroxylation is 1. The van der Waals surface area contributed by atoms with E-state index in [0.717, 1.165) is 49.2 Å². The minimum Gasteiger partial charge on any atom is -0.331 e. The van der Waals surface area contributed by atoms with Crippen molar-refractivity contribution in [2.45, 2.75) is 52.6 Å². The lowest BCUT2D eigenvalue weighted by Crippen LogP contribution is -2.33. The Labute approximate surface area is 165 Å². The van der Waals surface area contributed by atoms with E-state index in [-0.39, 0.29) is 11.5 Å². The fraction of sp³-hybridized carbons (Fsp3) is 0.409. The fourth-order valence-corrected chi connectivity index (χ4v) is 3.37.